The molecule has 0 aliphatic rings. The van der Waals surface area contributed by atoms with Crippen LogP contribution in [0.1, 0.15) is 16.7 Å². The maximum atomic E-state index is 6.09. The Hall–Kier alpha value is -1.54. The molecule has 0 amide bonds. The van der Waals surface area contributed by atoms with Crippen molar-refractivity contribution >= 4 is 16.5 Å². The fraction of sp³-hybridized carbons (Fsp3) is 0.231. The van der Waals surface area contributed by atoms with Crippen LogP contribution < -0.4 is 11.9 Å². The molecule has 80 valence electrons. The molecule has 0 spiro atoms. The highest BCUT2D eigenvalue weighted by molar-refractivity contribution is 5.97. The lowest BCUT2D eigenvalue weighted by Gasteiger charge is -2.13. The Morgan fingerprint density at radius 2 is 1.33 bits per heavy atom. The van der Waals surface area contributed by atoms with Crippen molar-refractivity contribution in [1.82, 2.24) is 6.15 Å². The number of nitrogens with two attached hydrogens (primary N) is 1. The van der Waals surface area contributed by atoms with Gasteiger partial charge in [0.25, 0.3) is 0 Å². The third kappa shape index (κ3) is 1.57. The molecule has 0 fully saturated rings. The zero-order valence-corrected chi connectivity index (χ0v) is 9.59. The minimum atomic E-state index is 0. The Labute approximate surface area is 90.7 Å². The first-order chi connectivity index (χ1) is 6.63. The number of aryl methyl sites for hydroxylation is 1. The first-order valence-corrected chi connectivity index (χ1v) is 4.87. The van der Waals surface area contributed by atoms with Gasteiger partial charge in [0, 0.05) is 11.1 Å². The molecule has 15 heavy (non-hydrogen) atoms. The van der Waals surface area contributed by atoms with Crippen LogP contribution in [0.5, 0.6) is 0 Å². The Morgan fingerprint density at radius 1 is 0.800 bits per heavy atom. The molecule has 2 heteroatoms. The molecule has 0 aliphatic carbocycles. The van der Waals surface area contributed by atoms with E-state index in [2.05, 4.69) is 39.0 Å². The first-order valence-electron chi connectivity index (χ1n) is 4.87. The summed E-state index contributed by atoms with van der Waals surface area (Å²) in [6.07, 6.45) is 0. The van der Waals surface area contributed by atoms with Crippen molar-refractivity contribution in [3.05, 3.63) is 41.0 Å². The molecule has 0 radical (unpaired) electrons. The molecule has 0 aromatic heterocycles. The van der Waals surface area contributed by atoms with Gasteiger partial charge in [-0.2, -0.15) is 0 Å². The minimum Gasteiger partial charge on any atom is -0.398 e. The fourth-order valence-corrected chi connectivity index (χ4v) is 1.93. The Morgan fingerprint density at radius 3 is 1.93 bits per heavy atom. The molecule has 0 saturated carbocycles. The molecule has 0 bridgehead atoms. The lowest BCUT2D eigenvalue weighted by molar-refractivity contribution is 1.30. The highest BCUT2D eigenvalue weighted by Gasteiger charge is 2.07. The van der Waals surface area contributed by atoms with Crippen LogP contribution in [0, 0.1) is 20.8 Å². The topological polar surface area (TPSA) is 61.0 Å². The molecule has 0 atom stereocenters. The Bertz CT molecular complexity index is 455. The van der Waals surface area contributed by atoms with E-state index in [1.807, 2.05) is 6.07 Å². The first kappa shape index (κ1) is 11.5. The number of rotatable bonds is 0. The SMILES string of the molecule is Cc1c(C)c(N)c2ccccc2c1C.N. The van der Waals surface area contributed by atoms with Crippen molar-refractivity contribution in [2.75, 3.05) is 5.73 Å². The van der Waals surface area contributed by atoms with Crippen LogP contribution >= 0.6 is 0 Å². The van der Waals surface area contributed by atoms with Crippen molar-refractivity contribution in [1.29, 1.82) is 0 Å². The molecule has 0 saturated heterocycles. The van der Waals surface area contributed by atoms with Crippen LogP contribution in [0.3, 0.4) is 0 Å². The van der Waals surface area contributed by atoms with Crippen LogP contribution in [0.15, 0.2) is 24.3 Å². The fourth-order valence-electron chi connectivity index (χ4n) is 1.93. The van der Waals surface area contributed by atoms with Crippen LogP contribution in [-0.4, -0.2) is 0 Å². The van der Waals surface area contributed by atoms with E-state index >= 15 is 0 Å². The summed E-state index contributed by atoms with van der Waals surface area (Å²) in [4.78, 5) is 0. The van der Waals surface area contributed by atoms with E-state index in [4.69, 9.17) is 5.73 Å². The number of nitrogen functional groups attached to an aromatic ring is 1. The smallest absolute Gasteiger partial charge is 0.0426 e. The molecule has 2 aromatic rings. The van der Waals surface area contributed by atoms with E-state index in [0.29, 0.717) is 0 Å². The van der Waals surface area contributed by atoms with Crippen LogP contribution in [0.25, 0.3) is 10.8 Å². The molecular formula is C13H18N2. The maximum absolute atomic E-state index is 6.09. The van der Waals surface area contributed by atoms with E-state index < -0.39 is 0 Å². The summed E-state index contributed by atoms with van der Waals surface area (Å²) in [7, 11) is 0. The average molecular weight is 202 g/mol. The van der Waals surface area contributed by atoms with Gasteiger partial charge in [-0.3, -0.25) is 0 Å². The van der Waals surface area contributed by atoms with Crippen LogP contribution in [0.4, 0.5) is 5.69 Å². The summed E-state index contributed by atoms with van der Waals surface area (Å²) in [6.45, 7) is 6.38. The summed E-state index contributed by atoms with van der Waals surface area (Å²) >= 11 is 0. The van der Waals surface area contributed by atoms with Crippen molar-refractivity contribution in [3.63, 3.8) is 0 Å². The summed E-state index contributed by atoms with van der Waals surface area (Å²) in [6, 6.07) is 8.31. The Balaban J connectivity index is 0.00000112. The highest BCUT2D eigenvalue weighted by Crippen LogP contribution is 2.30. The number of hydrogen-bond acceptors (Lipinski definition) is 2. The van der Waals surface area contributed by atoms with Crippen molar-refractivity contribution in [2.45, 2.75) is 20.8 Å². The minimum absolute atomic E-state index is 0. The van der Waals surface area contributed by atoms with Gasteiger partial charge in [0.05, 0.1) is 0 Å². The molecule has 2 aromatic carbocycles. The number of anilines is 1. The standard InChI is InChI=1S/C13H15N.H3N/c1-8-9(2)11-6-4-5-7-12(11)13(14)10(8)3;/h4-7H,14H2,1-3H3;1H3. The third-order valence-corrected chi connectivity index (χ3v) is 3.15. The molecule has 0 unspecified atom stereocenters. The van der Waals surface area contributed by atoms with E-state index in [1.165, 1.54) is 27.5 Å². The number of benzene rings is 2. The summed E-state index contributed by atoms with van der Waals surface area (Å²) < 4.78 is 0. The van der Waals surface area contributed by atoms with Crippen molar-refractivity contribution in [3.8, 4) is 0 Å². The van der Waals surface area contributed by atoms with Crippen molar-refractivity contribution < 1.29 is 0 Å². The number of hydrogen-bond donors (Lipinski definition) is 2. The van der Waals surface area contributed by atoms with Gasteiger partial charge in [-0.1, -0.05) is 24.3 Å². The van der Waals surface area contributed by atoms with E-state index in [0.717, 1.165) is 5.69 Å². The van der Waals surface area contributed by atoms with Gasteiger partial charge in [0.2, 0.25) is 0 Å². The largest absolute Gasteiger partial charge is 0.398 e. The maximum Gasteiger partial charge on any atom is 0.0426 e. The lowest BCUT2D eigenvalue weighted by atomic mass is 9.95. The zero-order valence-electron chi connectivity index (χ0n) is 9.59. The average Bonchev–Trinajstić information content (AvgIpc) is 2.23. The van der Waals surface area contributed by atoms with Gasteiger partial charge in [0.15, 0.2) is 0 Å². The lowest BCUT2D eigenvalue weighted by Crippen LogP contribution is -1.97. The predicted octanol–water partition coefficient (Wildman–Crippen LogP) is 3.51. The second-order valence-electron chi connectivity index (χ2n) is 3.83. The summed E-state index contributed by atoms with van der Waals surface area (Å²) in [5.41, 5.74) is 10.9. The summed E-state index contributed by atoms with van der Waals surface area (Å²) in [5, 5.41) is 2.45. The zero-order chi connectivity index (χ0) is 10.3. The third-order valence-electron chi connectivity index (χ3n) is 3.15. The Kier molecular flexibility index (Phi) is 3.01. The monoisotopic (exact) mass is 202 g/mol. The van der Waals surface area contributed by atoms with Gasteiger partial charge in [0.1, 0.15) is 0 Å². The van der Waals surface area contributed by atoms with E-state index in [-0.39, 0.29) is 6.15 Å². The number of fused-ring (bicyclic) bond motifs is 1. The van der Waals surface area contributed by atoms with Gasteiger partial charge in [-0.05, 0) is 42.8 Å². The van der Waals surface area contributed by atoms with Gasteiger partial charge in [-0.25, -0.2) is 0 Å². The highest BCUT2D eigenvalue weighted by atomic mass is 14.6. The molecule has 0 heterocycles. The molecule has 2 rings (SSSR count). The van der Waals surface area contributed by atoms with E-state index in [9.17, 15) is 0 Å². The molecule has 2 nitrogen and oxygen atoms in total. The quantitative estimate of drug-likeness (QED) is 0.642. The van der Waals surface area contributed by atoms with Gasteiger partial charge in [-0.15, -0.1) is 0 Å². The van der Waals surface area contributed by atoms with Crippen molar-refractivity contribution in [2.24, 2.45) is 0 Å². The van der Waals surface area contributed by atoms with E-state index in [1.54, 1.807) is 0 Å². The predicted molar refractivity (Wildman–Crippen MR) is 67.6 cm³/mol. The van der Waals surface area contributed by atoms with Gasteiger partial charge < -0.3 is 11.9 Å². The molecule has 0 aliphatic heterocycles. The van der Waals surface area contributed by atoms with Crippen LogP contribution in [0.2, 0.25) is 0 Å². The van der Waals surface area contributed by atoms with Gasteiger partial charge >= 0.3 is 0 Å². The second-order valence-corrected chi connectivity index (χ2v) is 3.83. The molecule has 5 N–H and O–H groups in total. The summed E-state index contributed by atoms with van der Waals surface area (Å²) in [5.74, 6) is 0. The molecular weight excluding hydrogens is 184 g/mol. The normalized spacial score (nSPS) is 10.1. The second kappa shape index (κ2) is 3.91. The van der Waals surface area contributed by atoms with Crippen LogP contribution in [-0.2, 0) is 0 Å².